The number of nitrogens with zero attached hydrogens (tertiary/aromatic N) is 2. The number of fused-ring (bicyclic) bond motifs is 1. The van der Waals surface area contributed by atoms with E-state index >= 15 is 0 Å². The van der Waals surface area contributed by atoms with Crippen molar-refractivity contribution >= 4 is 16.6 Å². The van der Waals surface area contributed by atoms with Gasteiger partial charge in [-0.2, -0.15) is 0 Å². The summed E-state index contributed by atoms with van der Waals surface area (Å²) >= 11 is 0. The molecule has 1 unspecified atom stereocenters. The van der Waals surface area contributed by atoms with Crippen LogP contribution < -0.4 is 20.9 Å². The largest absolute Gasteiger partial charge is 0.492 e. The Hall–Kier alpha value is -2.35. The molecule has 1 saturated heterocycles. The average Bonchev–Trinajstić information content (AvgIpc) is 3.31. The SMILES string of the molecule is COc1c(N2CCC(CO)C2)c(F)cc2c(=O)[nH]c(=O)n(C3CC3)c12. The van der Waals surface area contributed by atoms with Crippen molar-refractivity contribution in [2.24, 2.45) is 5.92 Å². The number of hydrogen-bond acceptors (Lipinski definition) is 5. The molecule has 2 aromatic rings. The Kier molecular flexibility index (Phi) is 3.79. The van der Waals surface area contributed by atoms with E-state index in [-0.39, 0.29) is 35.4 Å². The molecule has 2 fully saturated rings. The quantitative estimate of drug-likeness (QED) is 0.860. The number of aliphatic hydroxyl groups excluding tert-OH is 1. The van der Waals surface area contributed by atoms with Crippen molar-refractivity contribution < 1.29 is 14.2 Å². The van der Waals surface area contributed by atoms with Gasteiger partial charge in [0.15, 0.2) is 11.6 Å². The maximum atomic E-state index is 14.9. The maximum absolute atomic E-state index is 14.9. The Morgan fingerprint density at radius 3 is 2.72 bits per heavy atom. The predicted octanol–water partition coefficient (Wildman–Crippen LogP) is 0.991. The number of aromatic nitrogens is 2. The van der Waals surface area contributed by atoms with Crippen LogP contribution in [0, 0.1) is 11.7 Å². The number of rotatable bonds is 4. The van der Waals surface area contributed by atoms with Crippen LogP contribution in [0.25, 0.3) is 10.9 Å². The maximum Gasteiger partial charge on any atom is 0.329 e. The van der Waals surface area contributed by atoms with Crippen molar-refractivity contribution in [1.29, 1.82) is 0 Å². The van der Waals surface area contributed by atoms with Gasteiger partial charge in [-0.05, 0) is 25.3 Å². The smallest absolute Gasteiger partial charge is 0.329 e. The number of methoxy groups -OCH3 is 1. The zero-order valence-corrected chi connectivity index (χ0v) is 13.9. The molecule has 7 nitrogen and oxygen atoms in total. The van der Waals surface area contributed by atoms with Crippen molar-refractivity contribution in [2.75, 3.05) is 31.7 Å². The van der Waals surface area contributed by atoms with Gasteiger partial charge in [-0.25, -0.2) is 9.18 Å². The summed E-state index contributed by atoms with van der Waals surface area (Å²) in [5.74, 6) is -0.275. The van der Waals surface area contributed by atoms with Gasteiger partial charge in [0.05, 0.1) is 12.5 Å². The number of aliphatic hydroxyl groups is 1. The van der Waals surface area contributed by atoms with Gasteiger partial charge in [-0.3, -0.25) is 14.3 Å². The molecule has 4 rings (SSSR count). The summed E-state index contributed by atoms with van der Waals surface area (Å²) in [7, 11) is 1.42. The van der Waals surface area contributed by atoms with Gasteiger partial charge in [0.25, 0.3) is 5.56 Å². The minimum atomic E-state index is -0.615. The Morgan fingerprint density at radius 2 is 2.12 bits per heavy atom. The number of halogens is 1. The van der Waals surface area contributed by atoms with Crippen LogP contribution in [-0.2, 0) is 0 Å². The standard InChI is InChI=1S/C17H20FN3O4/c1-25-15-13-11(16(23)19-17(24)21(13)10-2-3-10)6-12(18)14(15)20-5-4-9(7-20)8-22/h6,9-10,22H,2-5,7-8H2,1H3,(H,19,23,24). The van der Waals surface area contributed by atoms with E-state index in [0.717, 1.165) is 19.3 Å². The summed E-state index contributed by atoms with van der Waals surface area (Å²) in [6, 6.07) is 1.18. The van der Waals surface area contributed by atoms with E-state index in [2.05, 4.69) is 4.98 Å². The van der Waals surface area contributed by atoms with Crippen LogP contribution in [0.2, 0.25) is 0 Å². The van der Waals surface area contributed by atoms with Gasteiger partial charge in [-0.1, -0.05) is 0 Å². The van der Waals surface area contributed by atoms with Crippen molar-refractivity contribution in [3.05, 3.63) is 32.7 Å². The second kappa shape index (κ2) is 5.87. The summed E-state index contributed by atoms with van der Waals surface area (Å²) in [5.41, 5.74) is -0.506. The Labute approximate surface area is 142 Å². The highest BCUT2D eigenvalue weighted by Gasteiger charge is 2.33. The highest BCUT2D eigenvalue weighted by molar-refractivity contribution is 5.91. The fourth-order valence-corrected chi connectivity index (χ4v) is 3.70. The molecule has 134 valence electrons. The number of nitrogens with one attached hydrogen (secondary N) is 1. The molecule has 2 N–H and O–H groups in total. The van der Waals surface area contributed by atoms with Crippen molar-refractivity contribution in [3.63, 3.8) is 0 Å². The first-order chi connectivity index (χ1) is 12.0. The van der Waals surface area contributed by atoms with E-state index in [9.17, 15) is 19.1 Å². The molecule has 2 aliphatic rings. The first-order valence-corrected chi connectivity index (χ1v) is 8.46. The van der Waals surface area contributed by atoms with Crippen LogP contribution >= 0.6 is 0 Å². The van der Waals surface area contributed by atoms with E-state index in [1.54, 1.807) is 0 Å². The fraction of sp³-hybridized carbons (Fsp3) is 0.529. The molecular formula is C17H20FN3O4. The zero-order valence-electron chi connectivity index (χ0n) is 13.9. The lowest BCUT2D eigenvalue weighted by Crippen LogP contribution is -2.31. The van der Waals surface area contributed by atoms with Crippen molar-refractivity contribution in [1.82, 2.24) is 9.55 Å². The van der Waals surface area contributed by atoms with Gasteiger partial charge in [0.2, 0.25) is 0 Å². The first-order valence-electron chi connectivity index (χ1n) is 8.46. The molecule has 0 radical (unpaired) electrons. The van der Waals surface area contributed by atoms with Crippen LogP contribution in [0.4, 0.5) is 10.1 Å². The van der Waals surface area contributed by atoms with Crippen LogP contribution in [0.15, 0.2) is 15.7 Å². The second-order valence-electron chi connectivity index (χ2n) is 6.78. The molecule has 1 atom stereocenters. The van der Waals surface area contributed by atoms with Crippen molar-refractivity contribution in [2.45, 2.75) is 25.3 Å². The second-order valence-corrected chi connectivity index (χ2v) is 6.78. The number of aromatic amines is 1. The predicted molar refractivity (Wildman–Crippen MR) is 91.0 cm³/mol. The van der Waals surface area contributed by atoms with Gasteiger partial charge >= 0.3 is 5.69 Å². The van der Waals surface area contributed by atoms with Crippen LogP contribution in [-0.4, -0.2) is 41.5 Å². The van der Waals surface area contributed by atoms with Crippen LogP contribution in [0.1, 0.15) is 25.3 Å². The van der Waals surface area contributed by atoms with Gasteiger partial charge in [0, 0.05) is 31.7 Å². The molecule has 0 spiro atoms. The Balaban J connectivity index is 2.01. The molecule has 1 aliphatic heterocycles. The lowest BCUT2D eigenvalue weighted by atomic mass is 10.1. The summed E-state index contributed by atoms with van der Waals surface area (Å²) < 4.78 is 21.9. The third-order valence-corrected chi connectivity index (χ3v) is 5.08. The average molecular weight is 349 g/mol. The Bertz CT molecular complexity index is 948. The third kappa shape index (κ3) is 2.52. The van der Waals surface area contributed by atoms with Gasteiger partial charge in [0.1, 0.15) is 11.2 Å². The number of hydrogen-bond donors (Lipinski definition) is 2. The minimum absolute atomic E-state index is 0.00262. The number of anilines is 1. The van der Waals surface area contributed by atoms with E-state index in [1.807, 2.05) is 4.90 Å². The summed E-state index contributed by atoms with van der Waals surface area (Å²) in [4.78, 5) is 28.6. The lowest BCUT2D eigenvalue weighted by Gasteiger charge is -2.24. The summed E-state index contributed by atoms with van der Waals surface area (Å²) in [5, 5.41) is 9.47. The number of ether oxygens (including phenoxy) is 1. The normalized spacial score (nSPS) is 20.4. The van der Waals surface area contributed by atoms with Gasteiger partial charge in [-0.15, -0.1) is 0 Å². The molecule has 0 amide bonds. The van der Waals surface area contributed by atoms with E-state index in [1.165, 1.54) is 17.7 Å². The molecule has 1 saturated carbocycles. The highest BCUT2D eigenvalue weighted by Crippen LogP contribution is 2.43. The van der Waals surface area contributed by atoms with Crippen LogP contribution in [0.3, 0.4) is 0 Å². The topological polar surface area (TPSA) is 87.6 Å². The molecule has 1 aliphatic carbocycles. The molecule has 2 heterocycles. The fourth-order valence-electron chi connectivity index (χ4n) is 3.70. The monoisotopic (exact) mass is 349 g/mol. The van der Waals surface area contributed by atoms with Crippen LogP contribution in [0.5, 0.6) is 5.75 Å². The zero-order chi connectivity index (χ0) is 17.7. The molecular weight excluding hydrogens is 329 g/mol. The third-order valence-electron chi connectivity index (χ3n) is 5.08. The van der Waals surface area contributed by atoms with E-state index < -0.39 is 17.1 Å². The minimum Gasteiger partial charge on any atom is -0.492 e. The van der Waals surface area contributed by atoms with Crippen molar-refractivity contribution in [3.8, 4) is 5.75 Å². The van der Waals surface area contributed by atoms with E-state index in [0.29, 0.717) is 18.6 Å². The first kappa shape index (κ1) is 16.1. The lowest BCUT2D eigenvalue weighted by molar-refractivity contribution is 0.238. The van der Waals surface area contributed by atoms with E-state index in [4.69, 9.17) is 4.74 Å². The molecule has 8 heteroatoms. The summed E-state index contributed by atoms with van der Waals surface area (Å²) in [6.45, 7) is 1.13. The number of H-pyrrole nitrogens is 1. The molecule has 0 bridgehead atoms. The Morgan fingerprint density at radius 1 is 1.36 bits per heavy atom. The van der Waals surface area contributed by atoms with Gasteiger partial charge < -0.3 is 14.7 Å². The highest BCUT2D eigenvalue weighted by atomic mass is 19.1. The molecule has 1 aromatic heterocycles. The molecule has 25 heavy (non-hydrogen) atoms. The number of benzene rings is 1. The summed E-state index contributed by atoms with van der Waals surface area (Å²) in [6.07, 6.45) is 2.43. The molecule has 1 aromatic carbocycles.